The van der Waals surface area contributed by atoms with Gasteiger partial charge in [0.05, 0.1) is 5.39 Å². The van der Waals surface area contributed by atoms with Crippen LogP contribution in [0.15, 0.2) is 11.2 Å². The third-order valence-electron chi connectivity index (χ3n) is 3.71. The van der Waals surface area contributed by atoms with E-state index in [4.69, 9.17) is 5.11 Å². The summed E-state index contributed by atoms with van der Waals surface area (Å²) in [5.41, 5.74) is 0. The number of aromatic nitrogens is 2. The van der Waals surface area contributed by atoms with E-state index >= 15 is 0 Å². The minimum Gasteiger partial charge on any atom is -0.477 e. The average molecular weight is 323 g/mol. The summed E-state index contributed by atoms with van der Waals surface area (Å²) in [6.07, 6.45) is 8.01. The number of aromatic carboxylic acids is 1. The first kappa shape index (κ1) is 14.6. The summed E-state index contributed by atoms with van der Waals surface area (Å²) in [7, 11) is 0. The lowest BCUT2D eigenvalue weighted by atomic mass is 9.95. The fraction of sp³-hybridized carbons (Fsp3) is 0.500. The van der Waals surface area contributed by atoms with E-state index in [2.05, 4.69) is 15.3 Å². The zero-order valence-corrected chi connectivity index (χ0v) is 13.4. The Morgan fingerprint density at radius 1 is 1.38 bits per heavy atom. The molecule has 1 aliphatic carbocycles. The standard InChI is InChI=1S/C14H17N3O2S2/c1-20-14-16-11(15-8-5-3-2-4-6-8)9-7-10(13(18)19)21-12(9)17-14/h7-8H,2-6H2,1H3,(H,18,19)(H,15,16,17). The summed E-state index contributed by atoms with van der Waals surface area (Å²) < 4.78 is 0. The van der Waals surface area contributed by atoms with Gasteiger partial charge in [-0.1, -0.05) is 31.0 Å². The van der Waals surface area contributed by atoms with Gasteiger partial charge in [-0.15, -0.1) is 11.3 Å². The molecule has 1 aliphatic rings. The Bertz CT molecular complexity index is 666. The van der Waals surface area contributed by atoms with Gasteiger partial charge in [0.15, 0.2) is 5.16 Å². The number of rotatable bonds is 4. The van der Waals surface area contributed by atoms with Crippen LogP contribution < -0.4 is 5.32 Å². The van der Waals surface area contributed by atoms with Gasteiger partial charge in [-0.2, -0.15) is 0 Å². The van der Waals surface area contributed by atoms with Crippen molar-refractivity contribution in [1.82, 2.24) is 9.97 Å². The molecule has 2 aromatic rings. The van der Waals surface area contributed by atoms with Crippen molar-refractivity contribution in [3.05, 3.63) is 10.9 Å². The molecule has 2 heterocycles. The Kier molecular flexibility index (Phi) is 4.30. The fourth-order valence-electron chi connectivity index (χ4n) is 2.65. The molecule has 0 unspecified atom stereocenters. The van der Waals surface area contributed by atoms with Crippen LogP contribution in [0.1, 0.15) is 41.8 Å². The summed E-state index contributed by atoms with van der Waals surface area (Å²) in [4.78, 5) is 21.2. The zero-order chi connectivity index (χ0) is 14.8. The number of anilines is 1. The van der Waals surface area contributed by atoms with Crippen LogP contribution in [0.5, 0.6) is 0 Å². The van der Waals surface area contributed by atoms with Crippen molar-refractivity contribution in [3.63, 3.8) is 0 Å². The van der Waals surface area contributed by atoms with E-state index in [1.807, 2.05) is 6.26 Å². The summed E-state index contributed by atoms with van der Waals surface area (Å²) in [5.74, 6) is -0.132. The maximum Gasteiger partial charge on any atom is 0.345 e. The van der Waals surface area contributed by atoms with Gasteiger partial charge in [-0.05, 0) is 25.2 Å². The number of nitrogens with zero attached hydrogens (tertiary/aromatic N) is 2. The minimum absolute atomic E-state index is 0.309. The monoisotopic (exact) mass is 323 g/mol. The molecule has 1 saturated carbocycles. The van der Waals surface area contributed by atoms with Crippen molar-refractivity contribution in [2.45, 2.75) is 43.3 Å². The smallest absolute Gasteiger partial charge is 0.345 e. The molecule has 7 heteroatoms. The van der Waals surface area contributed by atoms with E-state index in [9.17, 15) is 4.79 Å². The molecule has 0 bridgehead atoms. The van der Waals surface area contributed by atoms with Crippen molar-refractivity contribution in [2.24, 2.45) is 0 Å². The lowest BCUT2D eigenvalue weighted by Crippen LogP contribution is -2.23. The highest BCUT2D eigenvalue weighted by molar-refractivity contribution is 7.98. The molecule has 3 rings (SSSR count). The molecule has 0 atom stereocenters. The first-order valence-electron chi connectivity index (χ1n) is 7.03. The lowest BCUT2D eigenvalue weighted by molar-refractivity contribution is 0.0702. The van der Waals surface area contributed by atoms with Crippen molar-refractivity contribution in [2.75, 3.05) is 11.6 Å². The summed E-state index contributed by atoms with van der Waals surface area (Å²) in [5, 5.41) is 14.2. The van der Waals surface area contributed by atoms with Gasteiger partial charge in [-0.25, -0.2) is 14.8 Å². The first-order chi connectivity index (χ1) is 10.2. The molecule has 112 valence electrons. The predicted molar refractivity (Wildman–Crippen MR) is 86.7 cm³/mol. The van der Waals surface area contributed by atoms with E-state index in [-0.39, 0.29) is 0 Å². The third kappa shape index (κ3) is 3.13. The number of thioether (sulfide) groups is 1. The Labute approximate surface area is 131 Å². The van der Waals surface area contributed by atoms with Crippen molar-refractivity contribution < 1.29 is 9.90 Å². The summed E-state index contributed by atoms with van der Waals surface area (Å²) >= 11 is 2.68. The molecule has 2 N–H and O–H groups in total. The first-order valence-corrected chi connectivity index (χ1v) is 9.07. The normalized spacial score (nSPS) is 16.2. The quantitative estimate of drug-likeness (QED) is 0.657. The Morgan fingerprint density at radius 2 is 2.14 bits per heavy atom. The van der Waals surface area contributed by atoms with Crippen LogP contribution in [0.3, 0.4) is 0 Å². The Morgan fingerprint density at radius 3 is 2.81 bits per heavy atom. The highest BCUT2D eigenvalue weighted by Crippen LogP contribution is 2.32. The number of hydrogen-bond donors (Lipinski definition) is 2. The number of thiophene rings is 1. The Hall–Kier alpha value is -1.34. The van der Waals surface area contributed by atoms with Gasteiger partial charge in [0.2, 0.25) is 0 Å². The van der Waals surface area contributed by atoms with E-state index in [1.165, 1.54) is 42.4 Å². The maximum absolute atomic E-state index is 11.2. The SMILES string of the molecule is CSc1nc(NC2CCCCC2)c2cc(C(=O)O)sc2n1. The van der Waals surface area contributed by atoms with Gasteiger partial charge in [0.25, 0.3) is 0 Å². The molecule has 0 saturated heterocycles. The van der Waals surface area contributed by atoms with Crippen molar-refractivity contribution in [3.8, 4) is 0 Å². The number of nitrogens with one attached hydrogen (secondary N) is 1. The van der Waals surface area contributed by atoms with Gasteiger partial charge in [0, 0.05) is 6.04 Å². The summed E-state index contributed by atoms with van der Waals surface area (Å²) in [6, 6.07) is 2.11. The van der Waals surface area contributed by atoms with Gasteiger partial charge in [-0.3, -0.25) is 0 Å². The molecular weight excluding hydrogens is 306 g/mol. The number of carbonyl (C=O) groups is 1. The fourth-order valence-corrected chi connectivity index (χ4v) is 3.94. The topological polar surface area (TPSA) is 75.1 Å². The minimum atomic E-state index is -0.910. The molecule has 2 aromatic heterocycles. The second-order valence-corrected chi connectivity index (χ2v) is 6.98. The van der Waals surface area contributed by atoms with E-state index < -0.39 is 5.97 Å². The number of hydrogen-bond acceptors (Lipinski definition) is 6. The van der Waals surface area contributed by atoms with Crippen LogP contribution in [0.4, 0.5) is 5.82 Å². The van der Waals surface area contributed by atoms with Crippen LogP contribution in [-0.4, -0.2) is 33.3 Å². The molecule has 0 aromatic carbocycles. The zero-order valence-electron chi connectivity index (χ0n) is 11.8. The van der Waals surface area contributed by atoms with E-state index in [1.54, 1.807) is 6.07 Å². The largest absolute Gasteiger partial charge is 0.477 e. The molecule has 0 amide bonds. The Balaban J connectivity index is 1.99. The molecule has 0 radical (unpaired) electrons. The highest BCUT2D eigenvalue weighted by atomic mass is 32.2. The van der Waals surface area contributed by atoms with E-state index in [0.717, 1.165) is 28.9 Å². The molecule has 0 spiro atoms. The van der Waals surface area contributed by atoms with Gasteiger partial charge in [0.1, 0.15) is 15.5 Å². The van der Waals surface area contributed by atoms with Crippen LogP contribution in [0.25, 0.3) is 10.2 Å². The second-order valence-electron chi connectivity index (χ2n) is 5.17. The molecule has 21 heavy (non-hydrogen) atoms. The molecule has 1 fully saturated rings. The summed E-state index contributed by atoms with van der Waals surface area (Å²) in [6.45, 7) is 0. The van der Waals surface area contributed by atoms with Crippen LogP contribution >= 0.6 is 23.1 Å². The average Bonchev–Trinajstić information content (AvgIpc) is 2.92. The van der Waals surface area contributed by atoms with Crippen LogP contribution in [0, 0.1) is 0 Å². The molecule has 5 nitrogen and oxygen atoms in total. The number of carboxylic acids is 1. The number of carboxylic acid groups (broad SMARTS) is 1. The maximum atomic E-state index is 11.2. The molecular formula is C14H17N3O2S2. The third-order valence-corrected chi connectivity index (χ3v) is 5.28. The van der Waals surface area contributed by atoms with Crippen molar-refractivity contribution in [1.29, 1.82) is 0 Å². The van der Waals surface area contributed by atoms with Crippen LogP contribution in [-0.2, 0) is 0 Å². The molecule has 0 aliphatic heterocycles. The van der Waals surface area contributed by atoms with Gasteiger partial charge < -0.3 is 10.4 Å². The highest BCUT2D eigenvalue weighted by Gasteiger charge is 2.19. The predicted octanol–water partition coefficient (Wildman–Crippen LogP) is 3.86. The van der Waals surface area contributed by atoms with E-state index in [0.29, 0.717) is 16.1 Å². The number of fused-ring (bicyclic) bond motifs is 1. The van der Waals surface area contributed by atoms with Crippen molar-refractivity contribution >= 4 is 45.1 Å². The van der Waals surface area contributed by atoms with Crippen LogP contribution in [0.2, 0.25) is 0 Å². The second kappa shape index (κ2) is 6.19. The van der Waals surface area contributed by atoms with Gasteiger partial charge >= 0.3 is 5.97 Å². The lowest BCUT2D eigenvalue weighted by Gasteiger charge is -2.23.